The van der Waals surface area contributed by atoms with Crippen LogP contribution in [0.1, 0.15) is 25.3 Å². The Balaban J connectivity index is 1.80. The van der Waals surface area contributed by atoms with Crippen molar-refractivity contribution >= 4 is 11.7 Å². The lowest BCUT2D eigenvalue weighted by Crippen LogP contribution is -2.57. The van der Waals surface area contributed by atoms with E-state index in [1.165, 1.54) is 0 Å². The number of phenolic OH excluding ortho intramolecular Hbond substituents is 1. The van der Waals surface area contributed by atoms with Gasteiger partial charge in [-0.2, -0.15) is 0 Å². The van der Waals surface area contributed by atoms with Gasteiger partial charge < -0.3 is 20.6 Å². The number of nitrogens with zero attached hydrogens (tertiary/aromatic N) is 1. The molecule has 3 heterocycles. The highest BCUT2D eigenvalue weighted by Crippen LogP contribution is 2.62. The highest BCUT2D eigenvalue weighted by molar-refractivity contribution is 5.93. The topological polar surface area (TPSA) is 93.0 Å². The smallest absolute Gasteiger partial charge is 0.333 e. The molecule has 4 N–H and O–H groups in total. The largest absolute Gasteiger partial charge is 0.506 e. The molecule has 132 valence electrons. The van der Waals surface area contributed by atoms with Crippen molar-refractivity contribution in [1.29, 1.82) is 0 Å². The van der Waals surface area contributed by atoms with Crippen LogP contribution in [0, 0.1) is 11.8 Å². The monoisotopic (exact) mass is 342 g/mol. The number of rotatable bonds is 2. The average molecular weight is 342 g/mol. The number of aliphatic hydroxyl groups excluding tert-OH is 1. The van der Waals surface area contributed by atoms with Gasteiger partial charge >= 0.3 is 5.97 Å². The molecule has 3 aliphatic heterocycles. The van der Waals surface area contributed by atoms with Gasteiger partial charge in [-0.15, -0.1) is 0 Å². The molecule has 0 unspecified atom stereocenters. The Morgan fingerprint density at radius 3 is 2.96 bits per heavy atom. The summed E-state index contributed by atoms with van der Waals surface area (Å²) >= 11 is 0. The minimum Gasteiger partial charge on any atom is -0.506 e. The van der Waals surface area contributed by atoms with E-state index in [9.17, 15) is 20.1 Å². The Morgan fingerprint density at radius 2 is 2.24 bits per heavy atom. The summed E-state index contributed by atoms with van der Waals surface area (Å²) in [5.74, 6) is -0.990. The number of carboxylic acids is 1. The van der Waals surface area contributed by atoms with E-state index in [1.54, 1.807) is 13.0 Å². The predicted molar refractivity (Wildman–Crippen MR) is 91.3 cm³/mol. The number of nitrogens with one attached hydrogen (secondary N) is 1. The van der Waals surface area contributed by atoms with Gasteiger partial charge in [0.05, 0.1) is 22.8 Å². The molecule has 1 aromatic carbocycles. The number of fused-ring (bicyclic) bond motifs is 2. The quantitative estimate of drug-likeness (QED) is 0.609. The molecule has 25 heavy (non-hydrogen) atoms. The number of piperidine rings is 1. The second kappa shape index (κ2) is 4.77. The van der Waals surface area contributed by atoms with Crippen LogP contribution >= 0.6 is 0 Å². The Morgan fingerprint density at radius 1 is 1.44 bits per heavy atom. The lowest BCUT2D eigenvalue weighted by Gasteiger charge is -2.51. The lowest BCUT2D eigenvalue weighted by atomic mass is 9.60. The van der Waals surface area contributed by atoms with Gasteiger partial charge in [-0.1, -0.05) is 12.1 Å². The molecule has 5 rings (SSSR count). The first kappa shape index (κ1) is 15.2. The average Bonchev–Trinajstić information content (AvgIpc) is 3.11. The first-order valence-corrected chi connectivity index (χ1v) is 8.94. The summed E-state index contributed by atoms with van der Waals surface area (Å²) in [6, 6.07) is 5.71. The fourth-order valence-electron chi connectivity index (χ4n) is 5.94. The van der Waals surface area contributed by atoms with Crippen molar-refractivity contribution in [2.45, 2.75) is 37.3 Å². The number of anilines is 1. The molecule has 2 fully saturated rings. The van der Waals surface area contributed by atoms with Crippen molar-refractivity contribution in [3.8, 4) is 5.75 Å². The third-order valence-electron chi connectivity index (χ3n) is 6.95. The van der Waals surface area contributed by atoms with Crippen LogP contribution in [0.5, 0.6) is 5.75 Å². The van der Waals surface area contributed by atoms with Crippen molar-refractivity contribution in [2.75, 3.05) is 18.4 Å². The van der Waals surface area contributed by atoms with Crippen molar-refractivity contribution in [3.05, 3.63) is 35.0 Å². The molecule has 6 nitrogen and oxygen atoms in total. The number of hydrogen-bond acceptors (Lipinski definition) is 5. The molecule has 0 radical (unpaired) electrons. The molecule has 0 aromatic heterocycles. The van der Waals surface area contributed by atoms with Crippen molar-refractivity contribution in [1.82, 2.24) is 4.90 Å². The number of carbonyl (C=O) groups is 1. The second-order valence-electron chi connectivity index (χ2n) is 7.90. The summed E-state index contributed by atoms with van der Waals surface area (Å²) in [5.41, 5.74) is 2.44. The van der Waals surface area contributed by atoms with Crippen molar-refractivity contribution < 1.29 is 20.1 Å². The van der Waals surface area contributed by atoms with E-state index >= 15 is 0 Å². The summed E-state index contributed by atoms with van der Waals surface area (Å²) in [6.45, 7) is 3.37. The van der Waals surface area contributed by atoms with Crippen LogP contribution in [0.25, 0.3) is 0 Å². The summed E-state index contributed by atoms with van der Waals surface area (Å²) in [5, 5.41) is 33.9. The van der Waals surface area contributed by atoms with E-state index < -0.39 is 12.1 Å². The lowest BCUT2D eigenvalue weighted by molar-refractivity contribution is -0.134. The SMILES string of the molecule is C[C@H](O)[C@@H]1CN2CC[C@]34C(=C(C(=O)O)[C@H]1C[C@H]23)Nc1c(O)cccc14. The fraction of sp³-hybridized carbons (Fsp3) is 0.526. The highest BCUT2D eigenvalue weighted by atomic mass is 16.4. The molecule has 1 spiro atoms. The summed E-state index contributed by atoms with van der Waals surface area (Å²) in [7, 11) is 0. The van der Waals surface area contributed by atoms with E-state index in [1.807, 2.05) is 12.1 Å². The molecular weight excluding hydrogens is 320 g/mol. The number of aromatic hydroxyl groups is 1. The standard InChI is InChI=1S/C19H22N2O4/c1-9(22)11-8-21-6-5-19-12-3-2-4-13(23)16(12)20-17(19)15(18(24)25)10(11)7-14(19)21/h2-4,9-11,14,20,22-23H,5-8H2,1H3,(H,24,25)/t9-,10-,11-,14-,19+/m0/s1. The molecule has 2 bridgehead atoms. The van der Waals surface area contributed by atoms with E-state index in [4.69, 9.17) is 0 Å². The molecule has 1 aliphatic carbocycles. The molecule has 2 saturated heterocycles. The van der Waals surface area contributed by atoms with Gasteiger partial charge in [-0.25, -0.2) is 4.79 Å². The molecular formula is C19H22N2O4. The molecule has 0 saturated carbocycles. The van der Waals surface area contributed by atoms with Gasteiger partial charge in [0.1, 0.15) is 5.75 Å². The van der Waals surface area contributed by atoms with E-state index in [-0.39, 0.29) is 29.0 Å². The fourth-order valence-corrected chi connectivity index (χ4v) is 5.94. The van der Waals surface area contributed by atoms with Gasteiger partial charge in [0, 0.05) is 30.1 Å². The Hall–Kier alpha value is -2.05. The zero-order valence-corrected chi connectivity index (χ0v) is 14.1. The van der Waals surface area contributed by atoms with Crippen molar-refractivity contribution in [3.63, 3.8) is 0 Å². The predicted octanol–water partition coefficient (Wildman–Crippen LogP) is 1.50. The minimum absolute atomic E-state index is 0.0786. The normalized spacial score (nSPS) is 36.6. The minimum atomic E-state index is -0.913. The van der Waals surface area contributed by atoms with Gasteiger partial charge in [-0.05, 0) is 37.9 Å². The third kappa shape index (κ3) is 1.69. The summed E-state index contributed by atoms with van der Waals surface area (Å²) < 4.78 is 0. The summed E-state index contributed by atoms with van der Waals surface area (Å²) in [4.78, 5) is 14.6. The number of aliphatic hydroxyl groups is 1. The van der Waals surface area contributed by atoms with Crippen LogP contribution in [0.4, 0.5) is 5.69 Å². The molecule has 4 aliphatic rings. The second-order valence-corrected chi connectivity index (χ2v) is 7.90. The van der Waals surface area contributed by atoms with Crippen LogP contribution in [0.2, 0.25) is 0 Å². The Labute approximate surface area is 145 Å². The Bertz CT molecular complexity index is 818. The number of phenols is 1. The van der Waals surface area contributed by atoms with E-state index in [0.717, 1.165) is 37.2 Å². The van der Waals surface area contributed by atoms with Gasteiger partial charge in [-0.3, -0.25) is 4.90 Å². The number of benzene rings is 1. The van der Waals surface area contributed by atoms with Gasteiger partial charge in [0.15, 0.2) is 0 Å². The van der Waals surface area contributed by atoms with Crippen LogP contribution in [-0.2, 0) is 10.2 Å². The van der Waals surface area contributed by atoms with Crippen LogP contribution in [0.3, 0.4) is 0 Å². The zero-order chi connectivity index (χ0) is 17.5. The number of aliphatic carboxylic acids is 1. The Kier molecular flexibility index (Phi) is 2.90. The van der Waals surface area contributed by atoms with Crippen molar-refractivity contribution in [2.24, 2.45) is 11.8 Å². The number of carboxylic acid groups (broad SMARTS) is 1. The van der Waals surface area contributed by atoms with E-state index in [0.29, 0.717) is 11.3 Å². The maximum atomic E-state index is 12.2. The molecule has 5 atom stereocenters. The van der Waals surface area contributed by atoms with Gasteiger partial charge in [0.2, 0.25) is 0 Å². The van der Waals surface area contributed by atoms with Crippen LogP contribution < -0.4 is 5.32 Å². The molecule has 1 aromatic rings. The summed E-state index contributed by atoms with van der Waals surface area (Å²) in [6.07, 6.45) is 1.04. The van der Waals surface area contributed by atoms with Crippen LogP contribution in [-0.4, -0.2) is 51.4 Å². The van der Waals surface area contributed by atoms with Crippen LogP contribution in [0.15, 0.2) is 29.5 Å². The van der Waals surface area contributed by atoms with E-state index in [2.05, 4.69) is 10.2 Å². The highest BCUT2D eigenvalue weighted by Gasteiger charge is 2.63. The maximum Gasteiger partial charge on any atom is 0.333 e. The van der Waals surface area contributed by atoms with Gasteiger partial charge in [0.25, 0.3) is 0 Å². The molecule has 6 heteroatoms. The number of hydrogen-bond donors (Lipinski definition) is 4. The first-order valence-electron chi connectivity index (χ1n) is 8.94. The maximum absolute atomic E-state index is 12.2. The zero-order valence-electron chi connectivity index (χ0n) is 14.1. The third-order valence-corrected chi connectivity index (χ3v) is 6.95. The molecule has 0 amide bonds. The first-order chi connectivity index (χ1) is 11.9. The number of para-hydroxylation sites is 1.